The van der Waals surface area contributed by atoms with Gasteiger partial charge >= 0.3 is 0 Å². The summed E-state index contributed by atoms with van der Waals surface area (Å²) in [4.78, 5) is 18.5. The quantitative estimate of drug-likeness (QED) is 0.740. The average molecular weight is 420 g/mol. The van der Waals surface area contributed by atoms with Crippen LogP contribution in [0.5, 0.6) is 0 Å². The molecule has 8 nitrogen and oxygen atoms in total. The summed E-state index contributed by atoms with van der Waals surface area (Å²) < 4.78 is 47.2. The molecule has 1 aromatic carbocycles. The molecule has 1 saturated carbocycles. The molecule has 3 fully saturated rings. The largest absolute Gasteiger partial charge is 0.341 e. The van der Waals surface area contributed by atoms with Gasteiger partial charge < -0.3 is 9.42 Å². The van der Waals surface area contributed by atoms with E-state index in [4.69, 9.17) is 4.52 Å². The minimum absolute atomic E-state index is 0.0738. The summed E-state index contributed by atoms with van der Waals surface area (Å²) >= 11 is 0. The first-order chi connectivity index (χ1) is 13.8. The van der Waals surface area contributed by atoms with E-state index in [1.807, 2.05) is 0 Å². The van der Waals surface area contributed by atoms with Gasteiger partial charge in [-0.25, -0.2) is 12.8 Å². The van der Waals surface area contributed by atoms with Crippen LogP contribution in [0.4, 0.5) is 4.39 Å². The Labute approximate surface area is 167 Å². The molecule has 1 aromatic heterocycles. The minimum Gasteiger partial charge on any atom is -0.341 e. The van der Waals surface area contributed by atoms with Gasteiger partial charge in [0.15, 0.2) is 5.82 Å². The zero-order chi connectivity index (χ0) is 20.4. The maximum Gasteiger partial charge on any atom is 0.246 e. The predicted octanol–water partition coefficient (Wildman–Crippen LogP) is 1.33. The van der Waals surface area contributed by atoms with Crippen molar-refractivity contribution in [3.05, 3.63) is 41.8 Å². The highest BCUT2D eigenvalue weighted by Crippen LogP contribution is 2.47. The Morgan fingerprint density at radius 1 is 1.24 bits per heavy atom. The Morgan fingerprint density at radius 3 is 2.66 bits per heavy atom. The molecule has 1 amide bonds. The number of aromatic nitrogens is 2. The van der Waals surface area contributed by atoms with E-state index in [0.717, 1.165) is 18.9 Å². The van der Waals surface area contributed by atoms with Crippen LogP contribution in [0, 0.1) is 24.6 Å². The molecule has 2 saturated heterocycles. The third kappa shape index (κ3) is 2.88. The first kappa shape index (κ1) is 18.7. The molecule has 3 aliphatic rings. The normalized spacial score (nSPS) is 27.4. The molecule has 2 atom stereocenters. The molecular weight excluding hydrogens is 399 g/mol. The fraction of sp³-hybridized carbons (Fsp3) is 0.526. The van der Waals surface area contributed by atoms with Crippen LogP contribution in [0.15, 0.2) is 33.7 Å². The highest BCUT2D eigenvalue weighted by molar-refractivity contribution is 7.89. The Balaban J connectivity index is 1.50. The number of amides is 1. The fourth-order valence-electron chi connectivity index (χ4n) is 4.55. The van der Waals surface area contributed by atoms with Crippen molar-refractivity contribution in [2.75, 3.05) is 26.2 Å². The maximum atomic E-state index is 14.2. The van der Waals surface area contributed by atoms with Gasteiger partial charge in [0.05, 0.1) is 5.41 Å². The average Bonchev–Trinajstić information content (AvgIpc) is 3.17. The van der Waals surface area contributed by atoms with E-state index in [0.29, 0.717) is 24.8 Å². The lowest BCUT2D eigenvalue weighted by Crippen LogP contribution is -2.41. The van der Waals surface area contributed by atoms with Gasteiger partial charge in [-0.05, 0) is 31.9 Å². The topological polar surface area (TPSA) is 96.6 Å². The fourth-order valence-corrected chi connectivity index (χ4v) is 6.17. The van der Waals surface area contributed by atoms with E-state index >= 15 is 0 Å². The van der Waals surface area contributed by atoms with Crippen LogP contribution >= 0.6 is 0 Å². The lowest BCUT2D eigenvalue weighted by Gasteiger charge is -2.26. The Kier molecular flexibility index (Phi) is 4.08. The van der Waals surface area contributed by atoms with Gasteiger partial charge in [-0.1, -0.05) is 17.3 Å². The number of nitrogens with zero attached hydrogens (tertiary/aromatic N) is 4. The minimum atomic E-state index is -4.03. The monoisotopic (exact) mass is 420 g/mol. The summed E-state index contributed by atoms with van der Waals surface area (Å²) in [6.45, 7) is 2.71. The summed E-state index contributed by atoms with van der Waals surface area (Å²) in [7, 11) is -4.03. The third-order valence-corrected chi connectivity index (χ3v) is 8.07. The van der Waals surface area contributed by atoms with Crippen LogP contribution < -0.4 is 0 Å². The van der Waals surface area contributed by atoms with Crippen molar-refractivity contribution in [2.24, 2.45) is 11.8 Å². The molecule has 5 rings (SSSR count). The lowest BCUT2D eigenvalue weighted by molar-refractivity contribution is -0.131. The molecule has 3 heterocycles. The molecule has 2 aliphatic heterocycles. The van der Waals surface area contributed by atoms with Crippen molar-refractivity contribution in [1.82, 2.24) is 19.3 Å². The first-order valence-electron chi connectivity index (χ1n) is 9.65. The van der Waals surface area contributed by atoms with E-state index in [1.165, 1.54) is 22.5 Å². The SMILES string of the molecule is Cc1noc([C@@]23CN(C(=O)C4CC4)C[C@@H]2CN(S(=O)(=O)c2ccccc2F)C3)n1. The Hall–Kier alpha value is -2.33. The number of sulfonamides is 1. The predicted molar refractivity (Wildman–Crippen MR) is 98.7 cm³/mol. The molecule has 154 valence electrons. The van der Waals surface area contributed by atoms with E-state index in [1.54, 1.807) is 11.8 Å². The number of rotatable bonds is 4. The summed E-state index contributed by atoms with van der Waals surface area (Å²) in [5.41, 5.74) is -0.774. The van der Waals surface area contributed by atoms with Crippen LogP contribution in [-0.4, -0.2) is 59.8 Å². The zero-order valence-electron chi connectivity index (χ0n) is 15.9. The van der Waals surface area contributed by atoms with Gasteiger partial charge in [-0.2, -0.15) is 9.29 Å². The number of carbonyl (C=O) groups is 1. The number of hydrogen-bond donors (Lipinski definition) is 0. The van der Waals surface area contributed by atoms with Crippen molar-refractivity contribution >= 4 is 15.9 Å². The van der Waals surface area contributed by atoms with Crippen molar-refractivity contribution in [3.8, 4) is 0 Å². The van der Waals surface area contributed by atoms with Gasteiger partial charge in [0.25, 0.3) is 0 Å². The van der Waals surface area contributed by atoms with Crippen molar-refractivity contribution in [2.45, 2.75) is 30.1 Å². The Bertz CT molecular complexity index is 1080. The molecule has 0 N–H and O–H groups in total. The smallest absolute Gasteiger partial charge is 0.246 e. The zero-order valence-corrected chi connectivity index (χ0v) is 16.7. The van der Waals surface area contributed by atoms with Gasteiger partial charge in [-0.15, -0.1) is 0 Å². The van der Waals surface area contributed by atoms with E-state index in [2.05, 4.69) is 10.1 Å². The molecule has 10 heteroatoms. The molecular formula is C19H21FN4O4S. The number of fused-ring (bicyclic) bond motifs is 1. The van der Waals surface area contributed by atoms with Crippen molar-refractivity contribution in [3.63, 3.8) is 0 Å². The summed E-state index contributed by atoms with van der Waals surface area (Å²) in [6, 6.07) is 5.36. The molecule has 1 aliphatic carbocycles. The summed E-state index contributed by atoms with van der Waals surface area (Å²) in [5.74, 6) is 0.0179. The summed E-state index contributed by atoms with van der Waals surface area (Å²) in [5, 5.41) is 3.88. The van der Waals surface area contributed by atoms with Crippen molar-refractivity contribution < 1.29 is 22.1 Å². The lowest BCUT2D eigenvalue weighted by atomic mass is 9.81. The highest BCUT2D eigenvalue weighted by Gasteiger charge is 2.60. The van der Waals surface area contributed by atoms with Gasteiger partial charge in [0.1, 0.15) is 10.7 Å². The highest BCUT2D eigenvalue weighted by atomic mass is 32.2. The second kappa shape index (κ2) is 6.33. The van der Waals surface area contributed by atoms with Gasteiger partial charge in [0, 0.05) is 38.0 Å². The van der Waals surface area contributed by atoms with Crippen LogP contribution in [0.2, 0.25) is 0 Å². The van der Waals surface area contributed by atoms with Crippen LogP contribution in [0.3, 0.4) is 0 Å². The Morgan fingerprint density at radius 2 is 2.00 bits per heavy atom. The molecule has 29 heavy (non-hydrogen) atoms. The first-order valence-corrected chi connectivity index (χ1v) is 11.1. The van der Waals surface area contributed by atoms with E-state index in [-0.39, 0.29) is 35.7 Å². The van der Waals surface area contributed by atoms with E-state index < -0.39 is 21.3 Å². The maximum absolute atomic E-state index is 14.2. The van der Waals surface area contributed by atoms with Crippen LogP contribution in [0.25, 0.3) is 0 Å². The number of hydrogen-bond acceptors (Lipinski definition) is 6. The second-order valence-corrected chi connectivity index (χ2v) is 10.1. The number of aryl methyl sites for hydroxylation is 1. The summed E-state index contributed by atoms with van der Waals surface area (Å²) in [6.07, 6.45) is 1.81. The van der Waals surface area contributed by atoms with Gasteiger partial charge in [-0.3, -0.25) is 4.79 Å². The molecule has 0 unspecified atom stereocenters. The number of halogens is 1. The molecule has 2 aromatic rings. The number of benzene rings is 1. The van der Waals surface area contributed by atoms with Gasteiger partial charge in [0.2, 0.25) is 21.8 Å². The molecule has 0 bridgehead atoms. The third-order valence-electron chi connectivity index (χ3n) is 6.22. The second-order valence-electron chi connectivity index (χ2n) is 8.22. The molecule has 0 spiro atoms. The standard InChI is InChI=1S/C19H21FN4O4S/c1-12-21-18(28-22-12)19-10-23(17(25)13-6-7-13)8-14(19)9-24(11-19)29(26,27)16-5-3-2-4-15(16)20/h2-5,13-14H,6-11H2,1H3/t14-,19-/m1/s1. The molecule has 0 radical (unpaired) electrons. The van der Waals surface area contributed by atoms with Crippen LogP contribution in [0.1, 0.15) is 24.6 Å². The van der Waals surface area contributed by atoms with Crippen molar-refractivity contribution in [1.29, 1.82) is 0 Å². The van der Waals surface area contributed by atoms with Crippen LogP contribution in [-0.2, 0) is 20.2 Å². The number of likely N-dealkylation sites (tertiary alicyclic amines) is 1. The van der Waals surface area contributed by atoms with E-state index in [9.17, 15) is 17.6 Å². The number of carbonyl (C=O) groups excluding carboxylic acids is 1.